The van der Waals surface area contributed by atoms with E-state index in [2.05, 4.69) is 15.0 Å². The lowest BCUT2D eigenvalue weighted by molar-refractivity contribution is -0.137. The highest BCUT2D eigenvalue weighted by Gasteiger charge is 2.30. The molecule has 0 fully saturated rings. The van der Waals surface area contributed by atoms with Crippen LogP contribution in [-0.4, -0.2) is 35.4 Å². The number of nitrogens with one attached hydrogen (secondary N) is 1. The predicted molar refractivity (Wildman–Crippen MR) is 108 cm³/mol. The average Bonchev–Trinajstić information content (AvgIpc) is 3.28. The number of benzene rings is 1. The summed E-state index contributed by atoms with van der Waals surface area (Å²) in [5.74, 6) is 0.719. The number of alkyl halides is 5. The van der Waals surface area contributed by atoms with E-state index in [4.69, 9.17) is 9.47 Å². The monoisotopic (exact) mass is 455 g/mol. The van der Waals surface area contributed by atoms with Crippen molar-refractivity contribution in [2.24, 2.45) is 0 Å². The molecule has 2 aromatic heterocycles. The summed E-state index contributed by atoms with van der Waals surface area (Å²) in [5, 5.41) is 0. The van der Waals surface area contributed by atoms with Gasteiger partial charge in [0.05, 0.1) is 43.6 Å². The van der Waals surface area contributed by atoms with E-state index in [-0.39, 0.29) is 13.0 Å². The van der Waals surface area contributed by atoms with Crippen LogP contribution in [0.25, 0.3) is 11.3 Å². The summed E-state index contributed by atoms with van der Waals surface area (Å²) in [6, 6.07) is 7.27. The lowest BCUT2D eigenvalue weighted by Crippen LogP contribution is -2.07. The first kappa shape index (κ1) is 23.5. The number of H-pyrrole nitrogens is 1. The van der Waals surface area contributed by atoms with E-state index in [9.17, 15) is 22.0 Å². The minimum Gasteiger partial charge on any atom is -0.493 e. The fourth-order valence-electron chi connectivity index (χ4n) is 3.08. The van der Waals surface area contributed by atoms with Gasteiger partial charge in [0.25, 0.3) is 0 Å². The van der Waals surface area contributed by atoms with Gasteiger partial charge >= 0.3 is 6.18 Å². The second kappa shape index (κ2) is 10.4. The van der Waals surface area contributed by atoms with Crippen molar-refractivity contribution >= 4 is 0 Å². The second-order valence-corrected chi connectivity index (χ2v) is 7.05. The van der Waals surface area contributed by atoms with Gasteiger partial charge in [0, 0.05) is 17.7 Å². The number of ether oxygens (including phenoxy) is 2. The third kappa shape index (κ3) is 5.74. The number of halogens is 5. The molecular weight excluding hydrogens is 433 g/mol. The number of aromatic amines is 1. The molecule has 0 aliphatic rings. The molecular formula is C22H22F5N3O2. The molecule has 172 valence electrons. The molecule has 32 heavy (non-hydrogen) atoms. The average molecular weight is 455 g/mol. The molecule has 0 saturated carbocycles. The SMILES string of the molecule is COc1cc(-c2cnc(C(CF)CCCF)[nH]2)ccc1OCc1ccc(C(F)(F)F)cn1. The molecule has 1 aromatic carbocycles. The van der Waals surface area contributed by atoms with Gasteiger partial charge in [0.15, 0.2) is 11.5 Å². The Kier molecular flexibility index (Phi) is 7.66. The normalized spacial score (nSPS) is 12.6. The number of methoxy groups -OCH3 is 1. The Bertz CT molecular complexity index is 1010. The number of hydrogen-bond donors (Lipinski definition) is 1. The summed E-state index contributed by atoms with van der Waals surface area (Å²) in [6.07, 6.45) is -1.51. The predicted octanol–water partition coefficient (Wildman–Crippen LogP) is 5.88. The molecule has 0 amide bonds. The van der Waals surface area contributed by atoms with Gasteiger partial charge in [-0.3, -0.25) is 13.8 Å². The first-order valence-electron chi connectivity index (χ1n) is 9.86. The zero-order valence-electron chi connectivity index (χ0n) is 17.3. The van der Waals surface area contributed by atoms with Crippen molar-refractivity contribution in [2.45, 2.75) is 31.5 Å². The fourth-order valence-corrected chi connectivity index (χ4v) is 3.08. The van der Waals surface area contributed by atoms with Crippen LogP contribution in [0.2, 0.25) is 0 Å². The van der Waals surface area contributed by atoms with E-state index in [0.717, 1.165) is 12.3 Å². The van der Waals surface area contributed by atoms with Crippen LogP contribution in [0.5, 0.6) is 11.5 Å². The fraction of sp³-hybridized carbons (Fsp3) is 0.364. The topological polar surface area (TPSA) is 60.0 Å². The summed E-state index contributed by atoms with van der Waals surface area (Å²) in [7, 11) is 1.46. The first-order valence-corrected chi connectivity index (χ1v) is 9.86. The highest BCUT2D eigenvalue weighted by molar-refractivity contribution is 5.63. The Balaban J connectivity index is 1.71. The summed E-state index contributed by atoms with van der Waals surface area (Å²) >= 11 is 0. The molecule has 0 bridgehead atoms. The molecule has 1 atom stereocenters. The number of imidazole rings is 1. The largest absolute Gasteiger partial charge is 0.493 e. The maximum Gasteiger partial charge on any atom is 0.417 e. The Hall–Kier alpha value is -3.17. The Morgan fingerprint density at radius 1 is 1.03 bits per heavy atom. The Labute approximate surface area is 181 Å². The van der Waals surface area contributed by atoms with Gasteiger partial charge in [0.1, 0.15) is 12.4 Å². The number of aromatic nitrogens is 3. The molecule has 1 N–H and O–H groups in total. The minimum atomic E-state index is -4.45. The van der Waals surface area contributed by atoms with Crippen LogP contribution >= 0.6 is 0 Å². The third-order valence-electron chi connectivity index (χ3n) is 4.86. The van der Waals surface area contributed by atoms with Crippen molar-refractivity contribution in [3.8, 4) is 22.8 Å². The van der Waals surface area contributed by atoms with E-state index < -0.39 is 31.0 Å². The van der Waals surface area contributed by atoms with Crippen LogP contribution in [0.3, 0.4) is 0 Å². The second-order valence-electron chi connectivity index (χ2n) is 7.05. The van der Waals surface area contributed by atoms with Crippen LogP contribution < -0.4 is 9.47 Å². The highest BCUT2D eigenvalue weighted by Crippen LogP contribution is 2.33. The smallest absolute Gasteiger partial charge is 0.417 e. The van der Waals surface area contributed by atoms with Gasteiger partial charge in [-0.2, -0.15) is 13.2 Å². The van der Waals surface area contributed by atoms with Crippen LogP contribution in [-0.2, 0) is 12.8 Å². The van der Waals surface area contributed by atoms with Gasteiger partial charge < -0.3 is 14.5 Å². The molecule has 0 aliphatic heterocycles. The lowest BCUT2D eigenvalue weighted by Gasteiger charge is -2.12. The summed E-state index contributed by atoms with van der Waals surface area (Å²) < 4.78 is 74.6. The van der Waals surface area contributed by atoms with Crippen LogP contribution in [0.1, 0.15) is 35.8 Å². The van der Waals surface area contributed by atoms with Crippen molar-refractivity contribution in [1.29, 1.82) is 0 Å². The van der Waals surface area contributed by atoms with Crippen LogP contribution in [0.4, 0.5) is 22.0 Å². The summed E-state index contributed by atoms with van der Waals surface area (Å²) in [4.78, 5) is 11.1. The Morgan fingerprint density at radius 3 is 2.47 bits per heavy atom. The number of nitrogens with zero attached hydrogens (tertiary/aromatic N) is 2. The van der Waals surface area contributed by atoms with Crippen molar-refractivity contribution in [3.05, 3.63) is 59.8 Å². The van der Waals surface area contributed by atoms with Crippen molar-refractivity contribution in [1.82, 2.24) is 15.0 Å². The number of rotatable bonds is 10. The standard InChI is InChI=1S/C22H22F5N3O2/c1-31-20-9-14(18-12-29-21(30-18)15(10-24)3-2-8-23)4-7-19(20)32-13-17-6-5-16(11-28-17)22(25,26)27/h4-7,9,11-12,15H,2-3,8,10,13H2,1H3,(H,29,30). The van der Waals surface area contributed by atoms with Crippen LogP contribution in [0, 0.1) is 0 Å². The Morgan fingerprint density at radius 2 is 1.84 bits per heavy atom. The first-order chi connectivity index (χ1) is 15.4. The molecule has 0 saturated heterocycles. The van der Waals surface area contributed by atoms with E-state index in [1.165, 1.54) is 13.2 Å². The van der Waals surface area contributed by atoms with E-state index in [0.29, 0.717) is 40.7 Å². The van der Waals surface area contributed by atoms with Gasteiger partial charge in [-0.15, -0.1) is 0 Å². The van der Waals surface area contributed by atoms with E-state index in [1.54, 1.807) is 24.4 Å². The van der Waals surface area contributed by atoms with E-state index in [1.807, 2.05) is 0 Å². The molecule has 0 spiro atoms. The maximum absolute atomic E-state index is 13.3. The van der Waals surface area contributed by atoms with Gasteiger partial charge in [0.2, 0.25) is 0 Å². The van der Waals surface area contributed by atoms with Crippen molar-refractivity contribution in [3.63, 3.8) is 0 Å². The molecule has 0 radical (unpaired) electrons. The molecule has 2 heterocycles. The van der Waals surface area contributed by atoms with Gasteiger partial charge in [-0.1, -0.05) is 0 Å². The van der Waals surface area contributed by atoms with Gasteiger partial charge in [-0.05, 0) is 43.2 Å². The zero-order chi connectivity index (χ0) is 23.1. The summed E-state index contributed by atoms with van der Waals surface area (Å²) in [5.41, 5.74) is 0.839. The van der Waals surface area contributed by atoms with Crippen LogP contribution in [0.15, 0.2) is 42.7 Å². The number of pyridine rings is 1. The molecule has 3 rings (SSSR count). The zero-order valence-corrected chi connectivity index (χ0v) is 17.3. The lowest BCUT2D eigenvalue weighted by atomic mass is 10.0. The number of hydrogen-bond acceptors (Lipinski definition) is 4. The molecule has 5 nitrogen and oxygen atoms in total. The molecule has 10 heteroatoms. The quantitative estimate of drug-likeness (QED) is 0.388. The van der Waals surface area contributed by atoms with E-state index >= 15 is 0 Å². The maximum atomic E-state index is 13.3. The molecule has 0 aliphatic carbocycles. The molecule has 3 aromatic rings. The van der Waals surface area contributed by atoms with Gasteiger partial charge in [-0.25, -0.2) is 4.98 Å². The van der Waals surface area contributed by atoms with Crippen molar-refractivity contribution in [2.75, 3.05) is 20.5 Å². The minimum absolute atomic E-state index is 0.0468. The molecule has 1 unspecified atom stereocenters. The highest BCUT2D eigenvalue weighted by atomic mass is 19.4. The van der Waals surface area contributed by atoms with Crippen molar-refractivity contribution < 1.29 is 31.4 Å². The third-order valence-corrected chi connectivity index (χ3v) is 4.86. The summed E-state index contributed by atoms with van der Waals surface area (Å²) in [6.45, 7) is -1.19.